The van der Waals surface area contributed by atoms with Crippen molar-refractivity contribution in [2.75, 3.05) is 0 Å². The summed E-state index contributed by atoms with van der Waals surface area (Å²) in [6.07, 6.45) is 3.66. The molecule has 4 heteroatoms. The average molecular weight is 274 g/mol. The number of halogens is 1. The molecule has 0 atom stereocenters. The van der Waals surface area contributed by atoms with Crippen LogP contribution in [0.5, 0.6) is 0 Å². The van der Waals surface area contributed by atoms with Gasteiger partial charge in [-0.05, 0) is 18.2 Å². The highest BCUT2D eigenvalue weighted by molar-refractivity contribution is 9.10. The van der Waals surface area contributed by atoms with Crippen LogP contribution in [0.2, 0.25) is 0 Å². The Kier molecular flexibility index (Phi) is 2.22. The van der Waals surface area contributed by atoms with Gasteiger partial charge in [-0.2, -0.15) is 5.10 Å². The first-order valence-corrected chi connectivity index (χ1v) is 5.68. The lowest BCUT2D eigenvalue weighted by molar-refractivity contribution is 0.943. The molecule has 0 amide bonds. The standard InChI is InChI=1S/C12H8BrN3/c13-10-4-1-3-9(7-10)11-8-12-14-5-2-6-16(12)15-11/h1-8H. The van der Waals surface area contributed by atoms with Crippen LogP contribution in [-0.4, -0.2) is 14.6 Å². The molecule has 2 heterocycles. The van der Waals surface area contributed by atoms with Crippen LogP contribution in [0.25, 0.3) is 16.9 Å². The highest BCUT2D eigenvalue weighted by atomic mass is 79.9. The SMILES string of the molecule is Brc1cccc(-c2cc3ncccn3n2)c1. The van der Waals surface area contributed by atoms with Gasteiger partial charge in [0.05, 0.1) is 5.69 Å². The van der Waals surface area contributed by atoms with E-state index < -0.39 is 0 Å². The lowest BCUT2D eigenvalue weighted by Crippen LogP contribution is -1.87. The molecule has 0 bridgehead atoms. The van der Waals surface area contributed by atoms with Crippen LogP contribution in [0.3, 0.4) is 0 Å². The second kappa shape index (κ2) is 3.72. The normalized spacial score (nSPS) is 10.8. The summed E-state index contributed by atoms with van der Waals surface area (Å²) in [5, 5.41) is 4.46. The Morgan fingerprint density at radius 1 is 1.12 bits per heavy atom. The van der Waals surface area contributed by atoms with Gasteiger partial charge in [0.15, 0.2) is 5.65 Å². The summed E-state index contributed by atoms with van der Waals surface area (Å²) in [6, 6.07) is 11.9. The maximum Gasteiger partial charge on any atom is 0.155 e. The van der Waals surface area contributed by atoms with E-state index in [4.69, 9.17) is 0 Å². The van der Waals surface area contributed by atoms with Gasteiger partial charge in [0, 0.05) is 28.5 Å². The Morgan fingerprint density at radius 3 is 2.88 bits per heavy atom. The van der Waals surface area contributed by atoms with Crippen molar-refractivity contribution in [2.24, 2.45) is 0 Å². The highest BCUT2D eigenvalue weighted by Crippen LogP contribution is 2.22. The Labute approximate surface area is 101 Å². The molecule has 0 saturated heterocycles. The van der Waals surface area contributed by atoms with E-state index in [1.165, 1.54) is 0 Å². The number of fused-ring (bicyclic) bond motifs is 1. The van der Waals surface area contributed by atoms with E-state index in [1.54, 1.807) is 10.7 Å². The molecule has 2 aromatic heterocycles. The number of hydrogen-bond acceptors (Lipinski definition) is 2. The zero-order valence-corrected chi connectivity index (χ0v) is 9.92. The Bertz CT molecular complexity index is 612. The molecule has 3 rings (SSSR count). The molecule has 0 saturated carbocycles. The second-order valence-electron chi connectivity index (χ2n) is 3.46. The fraction of sp³-hybridized carbons (Fsp3) is 0. The Balaban J connectivity index is 2.19. The summed E-state index contributed by atoms with van der Waals surface area (Å²) in [5.41, 5.74) is 2.87. The lowest BCUT2D eigenvalue weighted by Gasteiger charge is -1.95. The zero-order valence-electron chi connectivity index (χ0n) is 8.34. The van der Waals surface area contributed by atoms with Crippen molar-refractivity contribution in [1.82, 2.24) is 14.6 Å². The van der Waals surface area contributed by atoms with Gasteiger partial charge in [-0.1, -0.05) is 28.1 Å². The predicted molar refractivity (Wildman–Crippen MR) is 66.1 cm³/mol. The molecule has 0 unspecified atom stereocenters. The zero-order chi connectivity index (χ0) is 11.0. The molecular weight excluding hydrogens is 266 g/mol. The topological polar surface area (TPSA) is 30.2 Å². The third kappa shape index (κ3) is 1.61. The van der Waals surface area contributed by atoms with Gasteiger partial charge < -0.3 is 0 Å². The Hall–Kier alpha value is -1.68. The van der Waals surface area contributed by atoms with Crippen molar-refractivity contribution >= 4 is 21.6 Å². The summed E-state index contributed by atoms with van der Waals surface area (Å²) in [7, 11) is 0. The minimum absolute atomic E-state index is 0.859. The molecule has 0 aliphatic rings. The van der Waals surface area contributed by atoms with Crippen LogP contribution in [0, 0.1) is 0 Å². The highest BCUT2D eigenvalue weighted by Gasteiger charge is 2.04. The van der Waals surface area contributed by atoms with E-state index in [1.807, 2.05) is 42.6 Å². The number of rotatable bonds is 1. The summed E-state index contributed by atoms with van der Waals surface area (Å²) < 4.78 is 2.82. The van der Waals surface area contributed by atoms with E-state index in [9.17, 15) is 0 Å². The minimum Gasteiger partial charge on any atom is -0.237 e. The quantitative estimate of drug-likeness (QED) is 0.682. The first-order chi connectivity index (χ1) is 7.83. The van der Waals surface area contributed by atoms with Crippen molar-refractivity contribution in [1.29, 1.82) is 0 Å². The average Bonchev–Trinajstić information content (AvgIpc) is 2.72. The third-order valence-corrected chi connectivity index (χ3v) is 2.85. The molecule has 0 aliphatic heterocycles. The van der Waals surface area contributed by atoms with Gasteiger partial charge in [-0.15, -0.1) is 0 Å². The molecular formula is C12H8BrN3. The largest absolute Gasteiger partial charge is 0.237 e. The fourth-order valence-electron chi connectivity index (χ4n) is 1.62. The molecule has 0 fully saturated rings. The van der Waals surface area contributed by atoms with E-state index in [0.717, 1.165) is 21.4 Å². The molecule has 1 aromatic carbocycles. The van der Waals surface area contributed by atoms with Crippen molar-refractivity contribution in [3.63, 3.8) is 0 Å². The van der Waals surface area contributed by atoms with E-state index in [-0.39, 0.29) is 0 Å². The molecule has 0 aliphatic carbocycles. The molecule has 0 radical (unpaired) electrons. The smallest absolute Gasteiger partial charge is 0.155 e. The van der Waals surface area contributed by atoms with Crippen LogP contribution in [0.1, 0.15) is 0 Å². The number of benzene rings is 1. The van der Waals surface area contributed by atoms with E-state index in [2.05, 4.69) is 26.0 Å². The van der Waals surface area contributed by atoms with E-state index in [0.29, 0.717) is 0 Å². The van der Waals surface area contributed by atoms with Crippen LogP contribution >= 0.6 is 15.9 Å². The molecule has 16 heavy (non-hydrogen) atoms. The van der Waals surface area contributed by atoms with Crippen molar-refractivity contribution < 1.29 is 0 Å². The van der Waals surface area contributed by atoms with Gasteiger partial charge in [0.25, 0.3) is 0 Å². The summed E-state index contributed by atoms with van der Waals surface area (Å²) in [5.74, 6) is 0. The van der Waals surface area contributed by atoms with Crippen LogP contribution < -0.4 is 0 Å². The van der Waals surface area contributed by atoms with Crippen molar-refractivity contribution in [3.05, 3.63) is 53.3 Å². The van der Waals surface area contributed by atoms with Gasteiger partial charge in [-0.25, -0.2) is 9.50 Å². The maximum absolute atomic E-state index is 4.46. The number of hydrogen-bond donors (Lipinski definition) is 0. The summed E-state index contributed by atoms with van der Waals surface area (Å²) >= 11 is 3.45. The van der Waals surface area contributed by atoms with Gasteiger partial charge in [-0.3, -0.25) is 0 Å². The molecule has 3 aromatic rings. The molecule has 0 N–H and O–H groups in total. The van der Waals surface area contributed by atoms with Gasteiger partial charge in [0.2, 0.25) is 0 Å². The van der Waals surface area contributed by atoms with Gasteiger partial charge in [0.1, 0.15) is 0 Å². The predicted octanol–water partition coefficient (Wildman–Crippen LogP) is 3.16. The molecule has 78 valence electrons. The minimum atomic E-state index is 0.859. The van der Waals surface area contributed by atoms with Crippen LogP contribution in [0.4, 0.5) is 0 Å². The summed E-state index contributed by atoms with van der Waals surface area (Å²) in [4.78, 5) is 4.24. The molecule has 3 nitrogen and oxygen atoms in total. The summed E-state index contributed by atoms with van der Waals surface area (Å²) in [6.45, 7) is 0. The van der Waals surface area contributed by atoms with Crippen molar-refractivity contribution in [2.45, 2.75) is 0 Å². The fourth-order valence-corrected chi connectivity index (χ4v) is 2.02. The van der Waals surface area contributed by atoms with Crippen LogP contribution in [0.15, 0.2) is 53.3 Å². The molecule has 0 spiro atoms. The first-order valence-electron chi connectivity index (χ1n) is 4.89. The lowest BCUT2D eigenvalue weighted by atomic mass is 10.2. The first kappa shape index (κ1) is 9.54. The number of aromatic nitrogens is 3. The second-order valence-corrected chi connectivity index (χ2v) is 4.38. The monoisotopic (exact) mass is 273 g/mol. The van der Waals surface area contributed by atoms with Crippen LogP contribution in [-0.2, 0) is 0 Å². The third-order valence-electron chi connectivity index (χ3n) is 2.36. The van der Waals surface area contributed by atoms with Gasteiger partial charge >= 0.3 is 0 Å². The van der Waals surface area contributed by atoms with E-state index >= 15 is 0 Å². The van der Waals surface area contributed by atoms with Crippen molar-refractivity contribution in [3.8, 4) is 11.3 Å². The number of nitrogens with zero attached hydrogens (tertiary/aromatic N) is 3. The Morgan fingerprint density at radius 2 is 2.06 bits per heavy atom. The maximum atomic E-state index is 4.46.